The highest BCUT2D eigenvalue weighted by atomic mass is 16.2. The molecule has 0 bridgehead atoms. The monoisotopic (exact) mass is 396 g/mol. The van der Waals surface area contributed by atoms with Crippen LogP contribution in [-0.4, -0.2) is 56.4 Å². The second-order valence-corrected chi connectivity index (χ2v) is 8.23. The molecule has 0 heterocycles. The number of carbonyl (C=O) groups excluding carboxylic acids is 3. The number of carbonyl (C=O) groups is 3. The molecule has 0 aliphatic carbocycles. The van der Waals surface area contributed by atoms with Gasteiger partial charge in [-0.1, -0.05) is 32.8 Å². The van der Waals surface area contributed by atoms with Crippen LogP contribution in [-0.2, 0) is 14.4 Å². The predicted octanol–water partition coefficient (Wildman–Crippen LogP) is 2.62. The van der Waals surface area contributed by atoms with Gasteiger partial charge in [0.1, 0.15) is 6.54 Å². The van der Waals surface area contributed by atoms with Crippen LogP contribution >= 0.6 is 0 Å². The molecule has 28 heavy (non-hydrogen) atoms. The molecule has 160 valence electrons. The fourth-order valence-electron chi connectivity index (χ4n) is 3.19. The van der Waals surface area contributed by atoms with E-state index in [1.165, 1.54) is 0 Å². The van der Waals surface area contributed by atoms with Crippen molar-refractivity contribution in [3.63, 3.8) is 0 Å². The second-order valence-electron chi connectivity index (χ2n) is 8.23. The molecule has 0 saturated heterocycles. The van der Waals surface area contributed by atoms with E-state index in [0.717, 1.165) is 19.3 Å². The molecule has 1 atom stereocenters. The van der Waals surface area contributed by atoms with E-state index < -0.39 is 10.8 Å². The molecule has 1 unspecified atom stereocenters. The zero-order chi connectivity index (χ0) is 21.8. The zero-order valence-corrected chi connectivity index (χ0v) is 18.2. The highest BCUT2D eigenvalue weighted by Crippen LogP contribution is 2.38. The van der Waals surface area contributed by atoms with Crippen LogP contribution in [0.2, 0.25) is 0 Å². The summed E-state index contributed by atoms with van der Waals surface area (Å²) in [4.78, 5) is 40.5. The van der Waals surface area contributed by atoms with Gasteiger partial charge < -0.3 is 15.5 Å². The summed E-state index contributed by atoms with van der Waals surface area (Å²) in [5, 5.41) is 8.82. The van der Waals surface area contributed by atoms with Crippen molar-refractivity contribution in [3.8, 4) is 0 Å². The van der Waals surface area contributed by atoms with Crippen LogP contribution in [0.3, 0.4) is 0 Å². The van der Waals surface area contributed by atoms with E-state index >= 15 is 0 Å². The molecule has 9 nitrogen and oxygen atoms in total. The molecule has 0 aromatic heterocycles. The Morgan fingerprint density at radius 3 is 2.11 bits per heavy atom. The van der Waals surface area contributed by atoms with Crippen LogP contribution in [0.15, 0.2) is 5.11 Å². The minimum atomic E-state index is -0.647. The highest BCUT2D eigenvalue weighted by Gasteiger charge is 2.41. The average molecular weight is 397 g/mol. The van der Waals surface area contributed by atoms with Crippen molar-refractivity contribution in [2.75, 3.05) is 33.7 Å². The third-order valence-electron chi connectivity index (χ3n) is 4.89. The van der Waals surface area contributed by atoms with Gasteiger partial charge in [-0.15, -0.1) is 0 Å². The summed E-state index contributed by atoms with van der Waals surface area (Å²) >= 11 is 0. The summed E-state index contributed by atoms with van der Waals surface area (Å²) in [6, 6.07) is 0. The topological polar surface area (TPSA) is 127 Å². The van der Waals surface area contributed by atoms with Crippen LogP contribution < -0.4 is 10.6 Å². The average Bonchev–Trinajstić information content (AvgIpc) is 2.63. The largest absolute Gasteiger partial charge is 0.356 e. The van der Waals surface area contributed by atoms with E-state index in [0.29, 0.717) is 25.9 Å². The lowest BCUT2D eigenvalue weighted by Gasteiger charge is -2.36. The van der Waals surface area contributed by atoms with Gasteiger partial charge in [0, 0.05) is 42.9 Å². The Balaban J connectivity index is 4.28. The van der Waals surface area contributed by atoms with Crippen LogP contribution in [0.25, 0.3) is 10.4 Å². The van der Waals surface area contributed by atoms with Crippen LogP contribution in [0.4, 0.5) is 0 Å². The quantitative estimate of drug-likeness (QED) is 0.215. The van der Waals surface area contributed by atoms with Gasteiger partial charge in [-0.05, 0) is 37.6 Å². The van der Waals surface area contributed by atoms with Crippen molar-refractivity contribution in [1.29, 1.82) is 0 Å². The minimum Gasteiger partial charge on any atom is -0.356 e. The molecule has 0 rings (SSSR count). The van der Waals surface area contributed by atoms with E-state index in [1.807, 2.05) is 27.7 Å². The summed E-state index contributed by atoms with van der Waals surface area (Å²) in [6.07, 6.45) is 3.60. The number of hydrogen-bond donors (Lipinski definition) is 2. The smallest absolute Gasteiger partial charge is 0.228 e. The van der Waals surface area contributed by atoms with Gasteiger partial charge in [-0.3, -0.25) is 14.4 Å². The molecule has 0 radical (unpaired) electrons. The normalized spacial score (nSPS) is 13.1. The number of unbranched alkanes of at least 4 members (excludes halogenated alkanes) is 2. The maximum Gasteiger partial charge on any atom is 0.228 e. The molecule has 0 spiro atoms. The summed E-state index contributed by atoms with van der Waals surface area (Å²) in [5.41, 5.74) is 6.92. The standard InChI is InChI=1S/C19H36N6O3/c1-7-19(4,17(28)25(5)6)14-18(2,3)16(27)22-12-10-8-9-11-21-15(26)13-23-24-20/h7-14H2,1-6H3,(H,21,26)(H,22,27). The number of azide groups is 1. The van der Waals surface area contributed by atoms with Gasteiger partial charge in [-0.25, -0.2) is 0 Å². The number of nitrogens with one attached hydrogen (secondary N) is 2. The van der Waals surface area contributed by atoms with Crippen LogP contribution in [0.1, 0.15) is 59.8 Å². The maximum atomic E-state index is 12.6. The SMILES string of the molecule is CCC(C)(CC(C)(C)C(=O)NCCCCCNC(=O)CN=[N+]=[N-])C(=O)N(C)C. The van der Waals surface area contributed by atoms with Crippen LogP contribution in [0.5, 0.6) is 0 Å². The molecular weight excluding hydrogens is 360 g/mol. The number of nitrogens with zero attached hydrogens (tertiary/aromatic N) is 4. The molecule has 0 aromatic rings. The predicted molar refractivity (Wildman–Crippen MR) is 109 cm³/mol. The Kier molecular flexibility index (Phi) is 11.2. The summed E-state index contributed by atoms with van der Waals surface area (Å²) in [7, 11) is 3.48. The molecule has 9 heteroatoms. The Morgan fingerprint density at radius 2 is 1.61 bits per heavy atom. The van der Waals surface area contributed by atoms with Crippen molar-refractivity contribution in [1.82, 2.24) is 15.5 Å². The summed E-state index contributed by atoms with van der Waals surface area (Å²) < 4.78 is 0. The number of amides is 3. The van der Waals surface area contributed by atoms with Crippen molar-refractivity contribution in [2.24, 2.45) is 15.9 Å². The molecular formula is C19H36N6O3. The van der Waals surface area contributed by atoms with Gasteiger partial charge in [0.2, 0.25) is 17.7 Å². The van der Waals surface area contributed by atoms with E-state index in [2.05, 4.69) is 20.7 Å². The Bertz CT molecular complexity index is 584. The first kappa shape index (κ1) is 25.7. The fourth-order valence-corrected chi connectivity index (χ4v) is 3.19. The van der Waals surface area contributed by atoms with Gasteiger partial charge in [0.15, 0.2) is 0 Å². The Morgan fingerprint density at radius 1 is 1.04 bits per heavy atom. The van der Waals surface area contributed by atoms with Gasteiger partial charge in [0.25, 0.3) is 0 Å². The molecule has 0 aromatic carbocycles. The lowest BCUT2D eigenvalue weighted by atomic mass is 9.71. The van der Waals surface area contributed by atoms with Crippen molar-refractivity contribution < 1.29 is 14.4 Å². The molecule has 0 fully saturated rings. The number of hydrogen-bond acceptors (Lipinski definition) is 4. The molecule has 0 aliphatic heterocycles. The van der Waals surface area contributed by atoms with Crippen molar-refractivity contribution in [3.05, 3.63) is 10.4 Å². The van der Waals surface area contributed by atoms with E-state index in [4.69, 9.17) is 5.53 Å². The lowest BCUT2D eigenvalue weighted by Crippen LogP contribution is -2.45. The van der Waals surface area contributed by atoms with Crippen LogP contribution in [0, 0.1) is 10.8 Å². The third kappa shape index (κ3) is 9.08. The molecule has 3 amide bonds. The number of rotatable bonds is 13. The molecule has 0 aliphatic rings. The summed E-state index contributed by atoms with van der Waals surface area (Å²) in [5.74, 6) is -0.307. The lowest BCUT2D eigenvalue weighted by molar-refractivity contribution is -0.143. The van der Waals surface area contributed by atoms with Gasteiger partial charge >= 0.3 is 0 Å². The Labute approximate surface area is 168 Å². The van der Waals surface area contributed by atoms with Gasteiger partial charge in [-0.2, -0.15) is 0 Å². The van der Waals surface area contributed by atoms with Crippen molar-refractivity contribution in [2.45, 2.75) is 59.8 Å². The Hall–Kier alpha value is -2.28. The minimum absolute atomic E-state index is 0.0402. The first-order valence-corrected chi connectivity index (χ1v) is 9.78. The third-order valence-corrected chi connectivity index (χ3v) is 4.89. The second kappa shape index (κ2) is 12.2. The molecule has 0 saturated carbocycles. The van der Waals surface area contributed by atoms with E-state index in [9.17, 15) is 14.4 Å². The summed E-state index contributed by atoms with van der Waals surface area (Å²) in [6.45, 7) is 8.52. The first-order chi connectivity index (χ1) is 13.0. The van der Waals surface area contributed by atoms with Gasteiger partial charge in [0.05, 0.1) is 0 Å². The first-order valence-electron chi connectivity index (χ1n) is 9.78. The van der Waals surface area contributed by atoms with E-state index in [1.54, 1.807) is 19.0 Å². The fraction of sp³-hybridized carbons (Fsp3) is 0.842. The zero-order valence-electron chi connectivity index (χ0n) is 18.2. The highest BCUT2D eigenvalue weighted by molar-refractivity contribution is 5.85. The van der Waals surface area contributed by atoms with Crippen molar-refractivity contribution >= 4 is 17.7 Å². The maximum absolute atomic E-state index is 12.6. The van der Waals surface area contributed by atoms with E-state index in [-0.39, 0.29) is 24.3 Å². The molecule has 2 N–H and O–H groups in total.